The van der Waals surface area contributed by atoms with Crippen LogP contribution < -0.4 is 9.21 Å². The second-order valence-electron chi connectivity index (χ2n) is 7.21. The fraction of sp³-hybridized carbons (Fsp3) is 0.381. The minimum atomic E-state index is -3.68. The summed E-state index contributed by atoms with van der Waals surface area (Å²) in [7, 11) is -3.68. The van der Waals surface area contributed by atoms with Crippen LogP contribution in [0.15, 0.2) is 48.5 Å². The molecule has 0 aliphatic carbocycles. The number of anilines is 2. The van der Waals surface area contributed by atoms with Crippen molar-refractivity contribution >= 4 is 27.3 Å². The van der Waals surface area contributed by atoms with Crippen molar-refractivity contribution in [1.29, 1.82) is 0 Å². The van der Waals surface area contributed by atoms with Crippen molar-refractivity contribution in [2.24, 2.45) is 0 Å². The number of rotatable bonds is 7. The highest BCUT2D eigenvalue weighted by Gasteiger charge is 2.24. The number of para-hydroxylation sites is 2. The van der Waals surface area contributed by atoms with E-state index in [0.29, 0.717) is 31.9 Å². The molecule has 9 heteroatoms. The Morgan fingerprint density at radius 1 is 0.967 bits per heavy atom. The van der Waals surface area contributed by atoms with Crippen molar-refractivity contribution in [3.8, 4) is 0 Å². The maximum absolute atomic E-state index is 14.0. The van der Waals surface area contributed by atoms with Gasteiger partial charge in [0.05, 0.1) is 17.6 Å². The van der Waals surface area contributed by atoms with E-state index in [1.54, 1.807) is 29.2 Å². The Hall–Kier alpha value is -2.68. The van der Waals surface area contributed by atoms with Crippen LogP contribution in [0.5, 0.6) is 0 Å². The Kier molecular flexibility index (Phi) is 6.91. The summed E-state index contributed by atoms with van der Waals surface area (Å²) in [6.07, 6.45) is 1.44. The first-order valence-corrected chi connectivity index (χ1v) is 11.6. The van der Waals surface area contributed by atoms with Crippen LogP contribution in [0.2, 0.25) is 0 Å². The molecule has 6 nitrogen and oxygen atoms in total. The Morgan fingerprint density at radius 3 is 2.17 bits per heavy atom. The zero-order valence-electron chi connectivity index (χ0n) is 16.8. The van der Waals surface area contributed by atoms with Crippen LogP contribution in [0.4, 0.5) is 20.2 Å². The second-order valence-corrected chi connectivity index (χ2v) is 9.12. The number of piperazine rings is 1. The lowest BCUT2D eigenvalue weighted by Crippen LogP contribution is -2.49. The highest BCUT2D eigenvalue weighted by Crippen LogP contribution is 2.23. The topological polar surface area (TPSA) is 60.9 Å². The lowest BCUT2D eigenvalue weighted by atomic mass is 10.2. The third-order valence-electron chi connectivity index (χ3n) is 5.10. The summed E-state index contributed by atoms with van der Waals surface area (Å²) in [4.78, 5) is 16.1. The van der Waals surface area contributed by atoms with E-state index in [2.05, 4.69) is 0 Å². The van der Waals surface area contributed by atoms with Gasteiger partial charge in [-0.25, -0.2) is 17.2 Å². The monoisotopic (exact) mass is 437 g/mol. The number of sulfonamides is 1. The van der Waals surface area contributed by atoms with Gasteiger partial charge in [-0.1, -0.05) is 24.3 Å². The van der Waals surface area contributed by atoms with Gasteiger partial charge in [0.1, 0.15) is 11.6 Å². The van der Waals surface area contributed by atoms with Crippen molar-refractivity contribution < 1.29 is 22.0 Å². The summed E-state index contributed by atoms with van der Waals surface area (Å²) >= 11 is 0. The Labute approximate surface area is 175 Å². The summed E-state index contributed by atoms with van der Waals surface area (Å²) in [5.41, 5.74) is 0.504. The van der Waals surface area contributed by atoms with Gasteiger partial charge in [0.2, 0.25) is 15.9 Å². The highest BCUT2D eigenvalue weighted by atomic mass is 32.2. The summed E-state index contributed by atoms with van der Waals surface area (Å²) in [5.74, 6) is -1.00. The molecule has 0 saturated carbocycles. The maximum Gasteiger partial charge on any atom is 0.232 e. The molecule has 0 N–H and O–H groups in total. The van der Waals surface area contributed by atoms with E-state index in [-0.39, 0.29) is 36.8 Å². The minimum absolute atomic E-state index is 0.0146. The Balaban J connectivity index is 1.53. The van der Waals surface area contributed by atoms with Crippen molar-refractivity contribution in [2.75, 3.05) is 48.2 Å². The summed E-state index contributed by atoms with van der Waals surface area (Å²) in [5, 5.41) is 0. The molecule has 0 bridgehead atoms. The van der Waals surface area contributed by atoms with Crippen LogP contribution in [-0.4, -0.2) is 58.2 Å². The number of halogens is 2. The minimum Gasteiger partial charge on any atom is -0.366 e. The fourth-order valence-electron chi connectivity index (χ4n) is 3.56. The summed E-state index contributed by atoms with van der Waals surface area (Å²) in [6.45, 7) is 2.00. The van der Waals surface area contributed by atoms with Crippen LogP contribution >= 0.6 is 0 Å². The van der Waals surface area contributed by atoms with Crippen LogP contribution in [0.1, 0.15) is 12.8 Å². The molecule has 3 rings (SSSR count). The van der Waals surface area contributed by atoms with E-state index in [9.17, 15) is 22.0 Å². The molecular formula is C21H25F2N3O3S. The lowest BCUT2D eigenvalue weighted by molar-refractivity contribution is -0.131. The largest absolute Gasteiger partial charge is 0.366 e. The third-order valence-corrected chi connectivity index (χ3v) is 6.28. The predicted molar refractivity (Wildman–Crippen MR) is 113 cm³/mol. The first-order valence-electron chi connectivity index (χ1n) is 9.77. The van der Waals surface area contributed by atoms with Gasteiger partial charge < -0.3 is 9.80 Å². The van der Waals surface area contributed by atoms with Crippen LogP contribution in [0.3, 0.4) is 0 Å². The molecule has 162 valence electrons. The highest BCUT2D eigenvalue weighted by molar-refractivity contribution is 7.92. The lowest BCUT2D eigenvalue weighted by Gasteiger charge is -2.36. The summed E-state index contributed by atoms with van der Waals surface area (Å²) in [6, 6.07) is 12.2. The van der Waals surface area contributed by atoms with Gasteiger partial charge in [0.25, 0.3) is 0 Å². The quantitative estimate of drug-likeness (QED) is 0.668. The number of amides is 1. The number of hydrogen-bond donors (Lipinski definition) is 0. The normalized spacial score (nSPS) is 14.6. The van der Waals surface area contributed by atoms with Crippen LogP contribution in [-0.2, 0) is 14.8 Å². The Bertz CT molecular complexity index is 992. The standard InChI is InChI=1S/C21H25F2N3O3S/c1-30(28,29)26(20-10-5-3-8-18(20)23)12-6-11-21(27)25-15-13-24(14-16-25)19-9-4-2-7-17(19)22/h2-5,7-10H,6,11-16H2,1H3. The molecule has 0 spiro atoms. The molecular weight excluding hydrogens is 412 g/mol. The first kappa shape index (κ1) is 22.0. The molecule has 1 saturated heterocycles. The number of nitrogens with zero attached hydrogens (tertiary/aromatic N) is 3. The molecule has 30 heavy (non-hydrogen) atoms. The van der Waals surface area contributed by atoms with Gasteiger partial charge in [-0.05, 0) is 30.7 Å². The van der Waals surface area contributed by atoms with Gasteiger partial charge in [0.15, 0.2) is 0 Å². The summed E-state index contributed by atoms with van der Waals surface area (Å²) < 4.78 is 53.1. The molecule has 0 aromatic heterocycles. The second kappa shape index (κ2) is 9.42. The van der Waals surface area contributed by atoms with Crippen molar-refractivity contribution in [1.82, 2.24) is 4.90 Å². The van der Waals surface area contributed by atoms with Gasteiger partial charge in [0, 0.05) is 39.1 Å². The van der Waals surface area contributed by atoms with E-state index < -0.39 is 15.8 Å². The van der Waals surface area contributed by atoms with Gasteiger partial charge >= 0.3 is 0 Å². The Morgan fingerprint density at radius 2 is 1.57 bits per heavy atom. The van der Waals surface area contributed by atoms with Crippen molar-refractivity contribution in [3.63, 3.8) is 0 Å². The van der Waals surface area contributed by atoms with E-state index in [1.165, 1.54) is 24.3 Å². The zero-order valence-corrected chi connectivity index (χ0v) is 17.6. The molecule has 2 aromatic carbocycles. The van der Waals surface area contributed by atoms with Gasteiger partial charge in [-0.15, -0.1) is 0 Å². The van der Waals surface area contributed by atoms with Crippen molar-refractivity contribution in [2.45, 2.75) is 12.8 Å². The van der Waals surface area contributed by atoms with E-state index in [4.69, 9.17) is 0 Å². The number of carbonyl (C=O) groups is 1. The number of benzene rings is 2. The van der Waals surface area contributed by atoms with E-state index in [1.807, 2.05) is 4.90 Å². The molecule has 1 heterocycles. The molecule has 1 aliphatic heterocycles. The van der Waals surface area contributed by atoms with Crippen LogP contribution in [0, 0.1) is 11.6 Å². The average molecular weight is 438 g/mol. The smallest absolute Gasteiger partial charge is 0.232 e. The van der Waals surface area contributed by atoms with Gasteiger partial charge in [-0.2, -0.15) is 0 Å². The third kappa shape index (κ3) is 5.27. The maximum atomic E-state index is 14.0. The predicted octanol–water partition coefficient (Wildman–Crippen LogP) is 2.86. The molecule has 2 aromatic rings. The molecule has 0 atom stereocenters. The SMILES string of the molecule is CS(=O)(=O)N(CCCC(=O)N1CCN(c2ccccc2F)CC1)c1ccccc1F. The number of hydrogen-bond acceptors (Lipinski definition) is 4. The molecule has 1 aliphatic rings. The zero-order chi connectivity index (χ0) is 21.7. The molecule has 0 radical (unpaired) electrons. The van der Waals surface area contributed by atoms with Gasteiger partial charge in [-0.3, -0.25) is 9.10 Å². The number of carbonyl (C=O) groups excluding carboxylic acids is 1. The van der Waals surface area contributed by atoms with Crippen molar-refractivity contribution in [3.05, 3.63) is 60.2 Å². The molecule has 1 fully saturated rings. The molecule has 1 amide bonds. The average Bonchev–Trinajstić information content (AvgIpc) is 2.71. The molecule has 0 unspecified atom stereocenters. The fourth-order valence-corrected chi connectivity index (χ4v) is 4.52. The van der Waals surface area contributed by atoms with E-state index >= 15 is 0 Å². The van der Waals surface area contributed by atoms with Crippen LogP contribution in [0.25, 0.3) is 0 Å². The van der Waals surface area contributed by atoms with E-state index in [0.717, 1.165) is 10.6 Å². The first-order chi connectivity index (χ1) is 14.3.